The molecule has 0 aliphatic carbocycles. The van der Waals surface area contributed by atoms with Crippen LogP contribution >= 0.6 is 0 Å². The lowest BCUT2D eigenvalue weighted by atomic mass is 9.80. The Labute approximate surface area is 119 Å². The number of nitrogens with one attached hydrogen (secondary N) is 1. The first-order valence-corrected chi connectivity index (χ1v) is 7.46. The van der Waals surface area contributed by atoms with E-state index in [0.717, 1.165) is 13.0 Å². The Hall–Kier alpha value is -0.820. The van der Waals surface area contributed by atoms with Crippen LogP contribution in [0.2, 0.25) is 0 Å². The van der Waals surface area contributed by atoms with Crippen molar-refractivity contribution in [2.75, 3.05) is 6.54 Å². The van der Waals surface area contributed by atoms with E-state index in [1.165, 1.54) is 23.1 Å². The fraction of sp³-hybridized carbons (Fsp3) is 0.667. The highest BCUT2D eigenvalue weighted by Crippen LogP contribution is 2.27. The van der Waals surface area contributed by atoms with E-state index in [4.69, 9.17) is 0 Å². The van der Waals surface area contributed by atoms with Crippen molar-refractivity contribution >= 4 is 0 Å². The molecule has 0 aliphatic rings. The van der Waals surface area contributed by atoms with Crippen LogP contribution in [0.15, 0.2) is 18.2 Å². The molecule has 1 heteroatoms. The molecule has 0 fully saturated rings. The lowest BCUT2D eigenvalue weighted by Crippen LogP contribution is -2.43. The summed E-state index contributed by atoms with van der Waals surface area (Å²) in [6.07, 6.45) is 2.35. The van der Waals surface area contributed by atoms with Crippen molar-refractivity contribution in [3.63, 3.8) is 0 Å². The van der Waals surface area contributed by atoms with Crippen LogP contribution in [-0.4, -0.2) is 12.1 Å². The van der Waals surface area contributed by atoms with Crippen molar-refractivity contribution in [3.05, 3.63) is 34.9 Å². The minimum atomic E-state index is 0.193. The van der Waals surface area contributed by atoms with E-state index in [1.807, 2.05) is 0 Å². The molecule has 1 N–H and O–H groups in total. The molecule has 1 nitrogen and oxygen atoms in total. The summed E-state index contributed by atoms with van der Waals surface area (Å²) in [6.45, 7) is 16.8. The van der Waals surface area contributed by atoms with Gasteiger partial charge in [-0.15, -0.1) is 0 Å². The number of aryl methyl sites for hydroxylation is 2. The number of hydrogen-bond acceptors (Lipinski definition) is 1. The van der Waals surface area contributed by atoms with Crippen molar-refractivity contribution in [1.29, 1.82) is 0 Å². The fourth-order valence-corrected chi connectivity index (χ4v) is 2.45. The summed E-state index contributed by atoms with van der Waals surface area (Å²) in [5, 5.41) is 3.66. The molecule has 19 heavy (non-hydrogen) atoms. The van der Waals surface area contributed by atoms with Crippen LogP contribution in [0.3, 0.4) is 0 Å². The number of benzene rings is 1. The standard InChI is InChI=1S/C18H31N/c1-8-18(7,13-19-17(4,5)6)12-16-10-14(2)9-15(3)11-16/h9-11,19H,8,12-13H2,1-7H3. The van der Waals surface area contributed by atoms with Gasteiger partial charge < -0.3 is 5.32 Å². The van der Waals surface area contributed by atoms with E-state index in [2.05, 4.69) is 72.0 Å². The van der Waals surface area contributed by atoms with Crippen molar-refractivity contribution in [1.82, 2.24) is 5.32 Å². The zero-order valence-electron chi connectivity index (χ0n) is 13.9. The Morgan fingerprint density at radius 1 is 0.947 bits per heavy atom. The van der Waals surface area contributed by atoms with E-state index in [9.17, 15) is 0 Å². The van der Waals surface area contributed by atoms with E-state index in [0.29, 0.717) is 5.41 Å². The maximum atomic E-state index is 3.66. The van der Waals surface area contributed by atoms with Crippen molar-refractivity contribution in [3.8, 4) is 0 Å². The van der Waals surface area contributed by atoms with Crippen LogP contribution in [0.4, 0.5) is 0 Å². The average Bonchev–Trinajstić information content (AvgIpc) is 2.24. The summed E-state index contributed by atoms with van der Waals surface area (Å²) in [5.74, 6) is 0. The SMILES string of the molecule is CCC(C)(CNC(C)(C)C)Cc1cc(C)cc(C)c1. The largest absolute Gasteiger partial charge is 0.312 e. The molecular formula is C18H31N. The van der Waals surface area contributed by atoms with Gasteiger partial charge in [-0.3, -0.25) is 0 Å². The molecule has 0 radical (unpaired) electrons. The summed E-state index contributed by atoms with van der Waals surface area (Å²) in [6, 6.07) is 6.91. The van der Waals surface area contributed by atoms with Gasteiger partial charge in [-0.2, -0.15) is 0 Å². The van der Waals surface area contributed by atoms with Gasteiger partial charge in [0.15, 0.2) is 0 Å². The molecule has 0 aromatic heterocycles. The minimum Gasteiger partial charge on any atom is -0.312 e. The topological polar surface area (TPSA) is 12.0 Å². The molecule has 1 aromatic rings. The predicted molar refractivity (Wildman–Crippen MR) is 85.8 cm³/mol. The maximum Gasteiger partial charge on any atom is 0.00967 e. The van der Waals surface area contributed by atoms with Gasteiger partial charge in [0.1, 0.15) is 0 Å². The van der Waals surface area contributed by atoms with Crippen molar-refractivity contribution in [2.45, 2.75) is 66.8 Å². The third kappa shape index (κ3) is 5.78. The normalized spacial score (nSPS) is 15.3. The monoisotopic (exact) mass is 261 g/mol. The lowest BCUT2D eigenvalue weighted by Gasteiger charge is -2.33. The quantitative estimate of drug-likeness (QED) is 0.813. The summed E-state index contributed by atoms with van der Waals surface area (Å²) in [5.41, 5.74) is 4.74. The van der Waals surface area contributed by atoms with Gasteiger partial charge in [-0.25, -0.2) is 0 Å². The van der Waals surface area contributed by atoms with Gasteiger partial charge in [0.2, 0.25) is 0 Å². The van der Waals surface area contributed by atoms with Crippen molar-refractivity contribution in [2.24, 2.45) is 5.41 Å². The predicted octanol–water partition coefficient (Wildman–Crippen LogP) is 4.65. The van der Waals surface area contributed by atoms with E-state index >= 15 is 0 Å². The van der Waals surface area contributed by atoms with Gasteiger partial charge in [-0.1, -0.05) is 43.2 Å². The zero-order valence-corrected chi connectivity index (χ0v) is 13.9. The molecule has 0 saturated carbocycles. The second-order valence-corrected chi connectivity index (χ2v) is 7.44. The molecule has 0 heterocycles. The third-order valence-electron chi connectivity index (χ3n) is 3.81. The highest BCUT2D eigenvalue weighted by molar-refractivity contribution is 5.29. The molecule has 1 rings (SSSR count). The Morgan fingerprint density at radius 2 is 1.47 bits per heavy atom. The molecular weight excluding hydrogens is 230 g/mol. The Kier molecular flexibility index (Phi) is 5.20. The Morgan fingerprint density at radius 3 is 1.89 bits per heavy atom. The molecule has 108 valence electrons. The third-order valence-corrected chi connectivity index (χ3v) is 3.81. The fourth-order valence-electron chi connectivity index (χ4n) is 2.45. The summed E-state index contributed by atoms with van der Waals surface area (Å²) in [7, 11) is 0. The highest BCUT2D eigenvalue weighted by Gasteiger charge is 2.24. The molecule has 1 unspecified atom stereocenters. The average molecular weight is 261 g/mol. The van der Waals surface area contributed by atoms with Crippen LogP contribution in [-0.2, 0) is 6.42 Å². The van der Waals surface area contributed by atoms with E-state index in [1.54, 1.807) is 0 Å². The summed E-state index contributed by atoms with van der Waals surface area (Å²) < 4.78 is 0. The second kappa shape index (κ2) is 6.09. The molecule has 1 atom stereocenters. The van der Waals surface area contributed by atoms with Crippen LogP contribution < -0.4 is 5.32 Å². The smallest absolute Gasteiger partial charge is 0.00967 e. The first-order valence-electron chi connectivity index (χ1n) is 7.46. The van der Waals surface area contributed by atoms with E-state index in [-0.39, 0.29) is 5.54 Å². The van der Waals surface area contributed by atoms with E-state index < -0.39 is 0 Å². The molecule has 0 saturated heterocycles. The van der Waals surface area contributed by atoms with Gasteiger partial charge in [-0.05, 0) is 58.4 Å². The molecule has 0 bridgehead atoms. The summed E-state index contributed by atoms with van der Waals surface area (Å²) >= 11 is 0. The van der Waals surface area contributed by atoms with Crippen LogP contribution in [0.25, 0.3) is 0 Å². The highest BCUT2D eigenvalue weighted by atomic mass is 15.0. The molecule has 0 amide bonds. The maximum absolute atomic E-state index is 3.66. The van der Waals surface area contributed by atoms with Gasteiger partial charge in [0, 0.05) is 12.1 Å². The molecule has 0 aliphatic heterocycles. The van der Waals surface area contributed by atoms with Crippen molar-refractivity contribution < 1.29 is 0 Å². The molecule has 0 spiro atoms. The Bertz CT molecular complexity index is 394. The zero-order chi connectivity index (χ0) is 14.7. The van der Waals surface area contributed by atoms with Crippen LogP contribution in [0.1, 0.15) is 57.7 Å². The summed E-state index contributed by atoms with van der Waals surface area (Å²) in [4.78, 5) is 0. The lowest BCUT2D eigenvalue weighted by molar-refractivity contribution is 0.255. The van der Waals surface area contributed by atoms with Crippen LogP contribution in [0.5, 0.6) is 0 Å². The van der Waals surface area contributed by atoms with Crippen LogP contribution in [0, 0.1) is 19.3 Å². The first kappa shape index (κ1) is 16.2. The molecule has 1 aromatic carbocycles. The second-order valence-electron chi connectivity index (χ2n) is 7.44. The van der Waals surface area contributed by atoms with Gasteiger partial charge in [0.25, 0.3) is 0 Å². The first-order chi connectivity index (χ1) is 8.63. The number of hydrogen-bond donors (Lipinski definition) is 1. The Balaban J connectivity index is 2.79. The van der Waals surface area contributed by atoms with Gasteiger partial charge >= 0.3 is 0 Å². The number of rotatable bonds is 5. The van der Waals surface area contributed by atoms with Gasteiger partial charge in [0.05, 0.1) is 0 Å². The minimum absolute atomic E-state index is 0.193.